The number of aliphatic hydroxyl groups excluding tert-OH is 3. The topological polar surface area (TPSA) is 663 Å². The highest BCUT2D eigenvalue weighted by atomic mass is 32.2. The van der Waals surface area contributed by atoms with E-state index in [0.29, 0.717) is 0 Å². The number of aromatic nitrogens is 4. The van der Waals surface area contributed by atoms with Gasteiger partial charge in [0, 0.05) is 49.5 Å². The number of fused-ring (bicyclic) bond motifs is 1. The first-order chi connectivity index (χ1) is 60.4. The summed E-state index contributed by atoms with van der Waals surface area (Å²) in [6.45, 7) is 28.1. The molecule has 50 nitrogen and oxygen atoms in total. The Hall–Kier alpha value is -8.82. The van der Waals surface area contributed by atoms with Crippen LogP contribution in [-0.2, 0) is 116 Å². The molecule has 728 valence electrons. The lowest BCUT2D eigenvalue weighted by Gasteiger charge is -2.33. The fraction of sp³-hybridized carbons (Fsp3) is 0.708. The number of thioether (sulfide) groups is 2. The van der Waals surface area contributed by atoms with Crippen molar-refractivity contribution in [2.75, 3.05) is 98.0 Å². The van der Waals surface area contributed by atoms with E-state index in [1.54, 1.807) is 125 Å². The molecule has 2 aromatic heterocycles. The number of phosphoric ester groups is 3. The van der Waals surface area contributed by atoms with Crippen LogP contribution in [0.4, 0.5) is 22.8 Å². The fourth-order valence-electron chi connectivity index (χ4n) is 10.6. The van der Waals surface area contributed by atoms with Crippen molar-refractivity contribution in [3.63, 3.8) is 0 Å². The van der Waals surface area contributed by atoms with Crippen LogP contribution in [0, 0.1) is 28.6 Å². The molecule has 0 bridgehead atoms. The number of imidazole rings is 1. The zero-order chi connectivity index (χ0) is 97.9. The first kappa shape index (κ1) is 112. The highest BCUT2D eigenvalue weighted by molar-refractivity contribution is 8.14. The Bertz CT molecular complexity index is 4630. The van der Waals surface area contributed by atoms with Crippen molar-refractivity contribution in [2.45, 2.75) is 209 Å². The first-order valence-corrected chi connectivity index (χ1v) is 45.6. The number of aryl methyl sites for hydroxylation is 1. The average molecular weight is 1950 g/mol. The van der Waals surface area contributed by atoms with E-state index < -0.39 is 221 Å². The third kappa shape index (κ3) is 32.5. The van der Waals surface area contributed by atoms with Crippen LogP contribution in [0.1, 0.15) is 130 Å². The smallest absolute Gasteiger partial charge is 0.476 e. The van der Waals surface area contributed by atoms with E-state index in [4.69, 9.17) is 107 Å². The molecule has 0 radical (unpaired) electrons. The third-order valence-electron chi connectivity index (χ3n) is 17.4. The van der Waals surface area contributed by atoms with Crippen LogP contribution in [-0.4, -0.2) is 267 Å². The first-order valence-electron chi connectivity index (χ1n) is 39.3. The molecule has 7 heterocycles. The summed E-state index contributed by atoms with van der Waals surface area (Å²) in [5.41, 5.74) is 29.0. The number of hydrogen-bond donors (Lipinski definition) is 5. The van der Waals surface area contributed by atoms with Crippen molar-refractivity contribution in [3.8, 4) is 5.88 Å². The number of aliphatic hydroxyl groups is 3. The van der Waals surface area contributed by atoms with Crippen molar-refractivity contribution < 1.29 is 159 Å². The minimum absolute atomic E-state index is 0.0102. The number of esters is 2. The molecule has 3 saturated heterocycles. The molecular formula is C72H111F3N19O31P3S2. The number of alkyl halides is 3. The molecule has 2 aromatic rings. The van der Waals surface area contributed by atoms with Gasteiger partial charge in [0.15, 0.2) is 58.6 Å². The minimum Gasteiger partial charge on any atom is -0.476 e. The van der Waals surface area contributed by atoms with Crippen LogP contribution in [0.15, 0.2) is 81.0 Å². The van der Waals surface area contributed by atoms with Crippen LogP contribution >= 0.6 is 47.0 Å². The SMILES string of the molecule is C=C1N=C(N)C=CN1[C@@H]1O[C@](CN=[N+]=[N-])(COP(=O)(OCCSC(=O)C(C)(C)C)OCCSC(=O)C(C)(C)C)[C@@H](O)[C@H]1F.C=C1N=C(N)C=CN1[C@@H]1O[C@](CN=[N+]=[N-])(COP(=O)(OCOC(=O)C(C)(C)C)OCOC(=O)C(C)(C)C)[C@@H](O)[C@H]1F.CCOc1nc(C)nc2c1ncn2[C@@H]1O[C@](CN=[N+]=[N-])(COP(=O)(OCOC(=O)OC(C)C)OCOC(=O)OC(C)C)[C@@H](O)[C@H]1F. The predicted octanol–water partition coefficient (Wildman–Crippen LogP) is 11.5. The van der Waals surface area contributed by atoms with Crippen molar-refractivity contribution in [3.05, 3.63) is 92.8 Å². The van der Waals surface area contributed by atoms with Gasteiger partial charge in [-0.15, -0.1) is 0 Å². The number of carbonyl (C=O) groups is 6. The summed E-state index contributed by atoms with van der Waals surface area (Å²) in [5, 5.41) is 42.8. The number of nitrogens with two attached hydrogens (primary N) is 2. The van der Waals surface area contributed by atoms with Crippen LogP contribution in [0.3, 0.4) is 0 Å². The molecule has 0 aliphatic carbocycles. The van der Waals surface area contributed by atoms with Gasteiger partial charge in [-0.3, -0.25) is 46.4 Å². The minimum atomic E-state index is -4.88. The summed E-state index contributed by atoms with van der Waals surface area (Å²) in [6, 6.07) is 0. The molecular weight excluding hydrogens is 1840 g/mol. The van der Waals surface area contributed by atoms with E-state index in [9.17, 15) is 57.8 Å². The van der Waals surface area contributed by atoms with E-state index in [1.165, 1.54) is 40.3 Å². The Morgan fingerprint density at radius 3 is 1.22 bits per heavy atom. The predicted molar refractivity (Wildman–Crippen MR) is 454 cm³/mol. The molecule has 12 atom stereocenters. The second-order valence-electron chi connectivity index (χ2n) is 32.8. The highest BCUT2D eigenvalue weighted by Gasteiger charge is 2.61. The van der Waals surface area contributed by atoms with Crippen molar-refractivity contribution in [1.82, 2.24) is 29.3 Å². The Labute approximate surface area is 753 Å². The molecule has 58 heteroatoms. The summed E-state index contributed by atoms with van der Waals surface area (Å²) in [4.78, 5) is 103. The van der Waals surface area contributed by atoms with Gasteiger partial charge in [0.05, 0.1) is 88.6 Å². The zero-order valence-corrected chi connectivity index (χ0v) is 78.9. The molecule has 7 N–H and O–H groups in total. The second kappa shape index (κ2) is 48.7. The molecule has 0 aromatic carbocycles. The lowest BCUT2D eigenvalue weighted by Crippen LogP contribution is -2.48. The molecule has 0 unspecified atom stereocenters. The Morgan fingerprint density at radius 1 is 0.554 bits per heavy atom. The number of hydrogen-bond acceptors (Lipinski definition) is 45. The number of amidine groups is 2. The van der Waals surface area contributed by atoms with Gasteiger partial charge in [-0.25, -0.2) is 74.5 Å². The van der Waals surface area contributed by atoms with Crippen molar-refractivity contribution >= 4 is 104 Å². The summed E-state index contributed by atoms with van der Waals surface area (Å²) < 4.78 is 188. The molecule has 3 fully saturated rings. The van der Waals surface area contributed by atoms with Gasteiger partial charge in [-0.1, -0.05) is 93.6 Å². The van der Waals surface area contributed by atoms with Crippen LogP contribution in [0.5, 0.6) is 5.88 Å². The number of phosphoric acid groups is 3. The molecule has 0 amide bonds. The summed E-state index contributed by atoms with van der Waals surface area (Å²) in [5.74, 6) is -0.537. The van der Waals surface area contributed by atoms with E-state index in [0.717, 1.165) is 28.4 Å². The molecule has 5 aliphatic rings. The van der Waals surface area contributed by atoms with E-state index in [1.807, 2.05) is 0 Å². The Kier molecular flexibility index (Phi) is 41.9. The lowest BCUT2D eigenvalue weighted by molar-refractivity contribution is -0.165. The third-order valence-corrected chi connectivity index (χ3v) is 23.9. The number of nitrogens with zero attached hydrogens (tertiary/aromatic N) is 17. The van der Waals surface area contributed by atoms with Gasteiger partial charge in [0.2, 0.25) is 33.1 Å². The number of aliphatic imine (C=N–C) groups is 2. The second-order valence-corrected chi connectivity index (χ2v) is 40.0. The standard InChI is InChI=1S/C25H40FN6O8PS2.C24H35FN7O13P.C23H36FN6O10P/c1-16-30-17(27)8-9-32(16)20-18(26)19(33)25(40-20,14-29-31-28)15-39-41(36,37-10-12-42-21(34)23(2,3)4)38-11-13-43-22(35)24(5,6)7;1-7-37-20-17-19(29-15(6)30-20)32(10-27-17)21-16(25)18(33)24(45-21,8-28-31-26)9-40-46(36,41-11-38-22(34)43-13(2)3)42-12-39-23(35)44-14(4)5;1-14-28-15(25)8-9-30(14)18-16(24)17(31)23(40-18,10-27-29-26)11-37-41(34,38-12-35-19(32)21(2,3)4)39-13-36-20(33)22(5,6)7/h8-9,18-20,33H,1,10-15H2,2-7H3,(H2,27,30);10,13-14,16,18,21,33H,7-9,11-12H2,1-6H3;8-9,16-18,31H,1,10-13H2,2-7H3,(H2,25,28)/t18-,19+,20-,25-;16-,18+,21-,24-;16-,17+,18-,23-/m111/s1. The molecule has 0 saturated carbocycles. The van der Waals surface area contributed by atoms with E-state index in [-0.39, 0.29) is 87.7 Å². The normalized spacial score (nSPS) is 23.5. The van der Waals surface area contributed by atoms with Crippen molar-refractivity contribution in [1.29, 1.82) is 0 Å². The summed E-state index contributed by atoms with van der Waals surface area (Å²) in [7, 11) is -14.1. The summed E-state index contributed by atoms with van der Waals surface area (Å²) in [6.07, 6.45) is -13.9. The number of rotatable bonds is 42. The molecule has 5 aliphatic heterocycles. The molecule has 0 spiro atoms. The van der Waals surface area contributed by atoms with Crippen LogP contribution in [0.25, 0.3) is 42.5 Å². The highest BCUT2D eigenvalue weighted by Crippen LogP contribution is 2.55. The largest absolute Gasteiger partial charge is 0.510 e. The van der Waals surface area contributed by atoms with Gasteiger partial charge in [-0.05, 0) is 112 Å². The Balaban J connectivity index is 0.000000346. The molecule has 7 rings (SSSR count). The van der Waals surface area contributed by atoms with Crippen LogP contribution in [0.2, 0.25) is 0 Å². The number of azide groups is 3. The van der Waals surface area contributed by atoms with E-state index >= 15 is 13.2 Å². The quantitative estimate of drug-likeness (QED) is 0.00602. The number of carbonyl (C=O) groups excluding carboxylic acids is 6. The monoisotopic (exact) mass is 1950 g/mol. The van der Waals surface area contributed by atoms with E-state index in [2.05, 4.69) is 77.6 Å². The molecule has 130 heavy (non-hydrogen) atoms. The van der Waals surface area contributed by atoms with Gasteiger partial charge in [0.25, 0.3) is 0 Å². The van der Waals surface area contributed by atoms with Gasteiger partial charge in [0.1, 0.15) is 64.3 Å². The number of halogens is 3. The van der Waals surface area contributed by atoms with Crippen molar-refractivity contribution in [2.24, 2.45) is 58.5 Å². The maximum absolute atomic E-state index is 15.8. The fourth-order valence-corrected chi connectivity index (χ4v) is 15.6. The lowest BCUT2D eigenvalue weighted by atomic mass is 9.97. The maximum atomic E-state index is 15.8. The average Bonchev–Trinajstić information content (AvgIpc) is 1.58. The van der Waals surface area contributed by atoms with Gasteiger partial charge >= 0.3 is 47.7 Å². The van der Waals surface area contributed by atoms with Crippen LogP contribution < -0.4 is 16.2 Å². The van der Waals surface area contributed by atoms with Gasteiger partial charge in [-0.2, -0.15) is 4.98 Å². The Morgan fingerprint density at radius 2 is 0.892 bits per heavy atom. The zero-order valence-electron chi connectivity index (χ0n) is 74.6. The van der Waals surface area contributed by atoms with Gasteiger partial charge < -0.3 is 84.0 Å². The number of ether oxygens (including phenoxy) is 10. The maximum Gasteiger partial charge on any atom is 0.510 e. The summed E-state index contributed by atoms with van der Waals surface area (Å²) >= 11 is 1.95.